The molecule has 5 heteroatoms. The lowest BCUT2D eigenvalue weighted by molar-refractivity contribution is 0.716. The normalized spacial score (nSPS) is 10.0. The van der Waals surface area contributed by atoms with E-state index in [0.717, 1.165) is 4.88 Å². The second-order valence-corrected chi connectivity index (χ2v) is 4.10. The molecule has 2 rings (SSSR count). The van der Waals surface area contributed by atoms with Crippen LogP contribution in [0.5, 0.6) is 0 Å². The summed E-state index contributed by atoms with van der Waals surface area (Å²) >= 11 is 1.53. The van der Waals surface area contributed by atoms with E-state index < -0.39 is 0 Å². The molecule has 0 bridgehead atoms. The Morgan fingerprint density at radius 3 is 3.00 bits per heavy atom. The molecule has 2 heterocycles. The Morgan fingerprint density at radius 2 is 2.44 bits per heavy atom. The van der Waals surface area contributed by atoms with Gasteiger partial charge in [0.2, 0.25) is 5.69 Å². The van der Waals surface area contributed by atoms with Gasteiger partial charge in [-0.1, -0.05) is 6.07 Å². The van der Waals surface area contributed by atoms with Gasteiger partial charge in [0.1, 0.15) is 6.07 Å². The fourth-order valence-corrected chi connectivity index (χ4v) is 2.07. The highest BCUT2D eigenvalue weighted by atomic mass is 32.1. The topological polar surface area (TPSA) is 58.7 Å². The number of hydrogen-bond acceptors (Lipinski definition) is 4. The van der Waals surface area contributed by atoms with Gasteiger partial charge in [-0.15, -0.1) is 11.3 Å². The van der Waals surface area contributed by atoms with Crippen LogP contribution in [0.3, 0.4) is 0 Å². The zero-order valence-corrected chi connectivity index (χ0v) is 9.49. The second-order valence-electron chi connectivity index (χ2n) is 3.16. The van der Waals surface area contributed by atoms with Crippen LogP contribution < -0.4 is 5.56 Å². The smallest absolute Gasteiger partial charge is 0.287 e. The van der Waals surface area contributed by atoms with Crippen molar-refractivity contribution in [3.63, 3.8) is 0 Å². The lowest BCUT2D eigenvalue weighted by Crippen LogP contribution is -2.23. The number of nitriles is 1. The van der Waals surface area contributed by atoms with Crippen LogP contribution in [0, 0.1) is 11.3 Å². The van der Waals surface area contributed by atoms with Gasteiger partial charge >= 0.3 is 0 Å². The van der Waals surface area contributed by atoms with Crippen molar-refractivity contribution in [2.24, 2.45) is 0 Å². The quantitative estimate of drug-likeness (QED) is 0.792. The van der Waals surface area contributed by atoms with E-state index in [9.17, 15) is 4.79 Å². The maximum atomic E-state index is 11.6. The Kier molecular flexibility index (Phi) is 2.84. The van der Waals surface area contributed by atoms with Gasteiger partial charge in [-0.25, -0.2) is 4.98 Å². The first-order valence-electron chi connectivity index (χ1n) is 4.81. The van der Waals surface area contributed by atoms with Crippen LogP contribution in [0.25, 0.3) is 10.6 Å². The van der Waals surface area contributed by atoms with Crippen LogP contribution in [-0.2, 0) is 6.54 Å². The minimum Gasteiger partial charge on any atom is -0.311 e. The van der Waals surface area contributed by atoms with E-state index in [1.54, 1.807) is 6.20 Å². The molecule has 80 valence electrons. The summed E-state index contributed by atoms with van der Waals surface area (Å²) in [6.45, 7) is 2.40. The van der Waals surface area contributed by atoms with Crippen molar-refractivity contribution >= 4 is 11.3 Å². The summed E-state index contributed by atoms with van der Waals surface area (Å²) in [5.74, 6) is 0. The summed E-state index contributed by atoms with van der Waals surface area (Å²) in [4.78, 5) is 16.6. The number of aromatic nitrogens is 2. The summed E-state index contributed by atoms with van der Waals surface area (Å²) in [6.07, 6.45) is 1.69. The fourth-order valence-electron chi connectivity index (χ4n) is 1.39. The summed E-state index contributed by atoms with van der Waals surface area (Å²) in [5.41, 5.74) is 0.297. The largest absolute Gasteiger partial charge is 0.311 e. The average molecular weight is 231 g/mol. The van der Waals surface area contributed by atoms with E-state index in [1.807, 2.05) is 30.5 Å². The molecule has 0 aliphatic rings. The molecular formula is C11H9N3OS. The highest BCUT2D eigenvalue weighted by Crippen LogP contribution is 2.21. The van der Waals surface area contributed by atoms with Crippen LogP contribution in [-0.4, -0.2) is 9.55 Å². The van der Waals surface area contributed by atoms with Gasteiger partial charge in [-0.05, 0) is 18.4 Å². The third-order valence-corrected chi connectivity index (χ3v) is 3.09. The number of thiophene rings is 1. The fraction of sp³-hybridized carbons (Fsp3) is 0.182. The lowest BCUT2D eigenvalue weighted by atomic mass is 10.3. The summed E-state index contributed by atoms with van der Waals surface area (Å²) in [6, 6.07) is 5.66. The monoisotopic (exact) mass is 231 g/mol. The number of aryl methyl sites for hydroxylation is 1. The van der Waals surface area contributed by atoms with Crippen LogP contribution in [0.2, 0.25) is 0 Å². The predicted molar refractivity (Wildman–Crippen MR) is 62.2 cm³/mol. The zero-order valence-electron chi connectivity index (χ0n) is 8.67. The molecule has 4 nitrogen and oxygen atoms in total. The van der Waals surface area contributed by atoms with Crippen molar-refractivity contribution < 1.29 is 0 Å². The van der Waals surface area contributed by atoms with Gasteiger partial charge in [0, 0.05) is 12.7 Å². The molecule has 2 aromatic heterocycles. The number of hydrogen-bond donors (Lipinski definition) is 0. The van der Waals surface area contributed by atoms with Crippen molar-refractivity contribution in [2.45, 2.75) is 13.5 Å². The molecule has 0 radical (unpaired) electrons. The van der Waals surface area contributed by atoms with Crippen molar-refractivity contribution in [3.05, 3.63) is 39.8 Å². The first-order valence-corrected chi connectivity index (χ1v) is 5.69. The average Bonchev–Trinajstić information content (AvgIpc) is 2.83. The minimum atomic E-state index is -0.328. The van der Waals surface area contributed by atoms with E-state index in [2.05, 4.69) is 4.98 Å². The van der Waals surface area contributed by atoms with Crippen molar-refractivity contribution in [1.29, 1.82) is 5.26 Å². The Hall–Kier alpha value is -1.93. The van der Waals surface area contributed by atoms with E-state index >= 15 is 0 Å². The molecule has 0 spiro atoms. The van der Waals surface area contributed by atoms with E-state index in [0.29, 0.717) is 12.2 Å². The summed E-state index contributed by atoms with van der Waals surface area (Å²) < 4.78 is 1.50. The first-order chi connectivity index (χ1) is 7.76. The standard InChI is InChI=1S/C11H9N3OS/c1-2-14-7-9(10-4-3-5-16-10)13-8(6-12)11(14)15/h3-5,7H,2H2,1H3. The third kappa shape index (κ3) is 1.75. The lowest BCUT2D eigenvalue weighted by Gasteiger charge is -2.04. The Morgan fingerprint density at radius 1 is 1.62 bits per heavy atom. The van der Waals surface area contributed by atoms with Crippen LogP contribution in [0.4, 0.5) is 0 Å². The Labute approximate surface area is 96.4 Å². The molecule has 0 aromatic carbocycles. The maximum Gasteiger partial charge on any atom is 0.287 e. The molecule has 0 unspecified atom stereocenters. The maximum absolute atomic E-state index is 11.6. The van der Waals surface area contributed by atoms with Crippen LogP contribution >= 0.6 is 11.3 Å². The van der Waals surface area contributed by atoms with Gasteiger partial charge in [0.05, 0.1) is 10.6 Å². The molecular weight excluding hydrogens is 222 g/mol. The van der Waals surface area contributed by atoms with Crippen molar-refractivity contribution in [2.75, 3.05) is 0 Å². The summed E-state index contributed by atoms with van der Waals surface area (Å²) in [5, 5.41) is 10.8. The van der Waals surface area contributed by atoms with Gasteiger partial charge in [0.25, 0.3) is 5.56 Å². The SMILES string of the molecule is CCn1cc(-c2cccs2)nc(C#N)c1=O. The highest BCUT2D eigenvalue weighted by molar-refractivity contribution is 7.13. The van der Waals surface area contributed by atoms with E-state index in [4.69, 9.17) is 5.26 Å². The molecule has 16 heavy (non-hydrogen) atoms. The predicted octanol–water partition coefficient (Wildman–Crippen LogP) is 1.86. The minimum absolute atomic E-state index is 0.0484. The van der Waals surface area contributed by atoms with Crippen LogP contribution in [0.15, 0.2) is 28.5 Å². The van der Waals surface area contributed by atoms with Gasteiger partial charge in [-0.3, -0.25) is 4.79 Å². The molecule has 2 aromatic rings. The first kappa shape index (κ1) is 10.6. The Bertz CT molecular complexity index is 593. The molecule has 0 amide bonds. The Balaban J connectivity index is 2.66. The van der Waals surface area contributed by atoms with Crippen molar-refractivity contribution in [3.8, 4) is 16.6 Å². The molecule has 0 saturated heterocycles. The molecule has 0 aliphatic heterocycles. The van der Waals surface area contributed by atoms with Gasteiger partial charge in [0.15, 0.2) is 0 Å². The van der Waals surface area contributed by atoms with Crippen molar-refractivity contribution in [1.82, 2.24) is 9.55 Å². The number of rotatable bonds is 2. The second kappa shape index (κ2) is 4.29. The highest BCUT2D eigenvalue weighted by Gasteiger charge is 2.08. The molecule has 0 saturated carbocycles. The molecule has 0 fully saturated rings. The van der Waals surface area contributed by atoms with Gasteiger partial charge in [-0.2, -0.15) is 5.26 Å². The third-order valence-electron chi connectivity index (χ3n) is 2.19. The van der Waals surface area contributed by atoms with Crippen LogP contribution in [0.1, 0.15) is 12.6 Å². The molecule has 0 atom stereocenters. The molecule has 0 N–H and O–H groups in total. The van der Waals surface area contributed by atoms with E-state index in [-0.39, 0.29) is 11.3 Å². The molecule has 0 aliphatic carbocycles. The van der Waals surface area contributed by atoms with Gasteiger partial charge < -0.3 is 4.57 Å². The number of nitrogens with zero attached hydrogens (tertiary/aromatic N) is 3. The zero-order chi connectivity index (χ0) is 11.5. The summed E-state index contributed by atoms with van der Waals surface area (Å²) in [7, 11) is 0. The van der Waals surface area contributed by atoms with E-state index in [1.165, 1.54) is 15.9 Å².